The Bertz CT molecular complexity index is 1230. The zero-order valence-corrected chi connectivity index (χ0v) is 17.9. The molecular weight excluding hydrogens is 404 g/mol. The van der Waals surface area contributed by atoms with Gasteiger partial charge in [0.15, 0.2) is 0 Å². The van der Waals surface area contributed by atoms with Crippen molar-refractivity contribution in [1.29, 1.82) is 0 Å². The molecule has 0 spiro atoms. The minimum Gasteiger partial charge on any atom is -0.496 e. The first-order valence-electron chi connectivity index (χ1n) is 10.8. The quantitative estimate of drug-likeness (QED) is 0.498. The first-order chi connectivity index (χ1) is 15.7. The van der Waals surface area contributed by atoms with E-state index in [1.165, 1.54) is 12.8 Å². The number of pyridine rings is 1. The van der Waals surface area contributed by atoms with Crippen LogP contribution in [0.1, 0.15) is 28.8 Å². The van der Waals surface area contributed by atoms with Gasteiger partial charge in [0.05, 0.1) is 18.9 Å². The van der Waals surface area contributed by atoms with Gasteiger partial charge in [0.2, 0.25) is 5.58 Å². The van der Waals surface area contributed by atoms with E-state index in [0.717, 1.165) is 36.5 Å². The van der Waals surface area contributed by atoms with Crippen LogP contribution in [0.2, 0.25) is 0 Å². The Balaban J connectivity index is 1.34. The second kappa shape index (κ2) is 8.80. The number of hydrogen-bond acceptors (Lipinski definition) is 5. The van der Waals surface area contributed by atoms with Gasteiger partial charge in [-0.1, -0.05) is 12.1 Å². The number of nitrogens with one attached hydrogen (secondary N) is 2. The number of methoxy groups -OCH3 is 1. The fraction of sp³-hybridized carbons (Fsp3) is 0.240. The summed E-state index contributed by atoms with van der Waals surface area (Å²) < 4.78 is 11.4. The molecule has 2 aromatic carbocycles. The Morgan fingerprint density at radius 2 is 2.03 bits per heavy atom. The van der Waals surface area contributed by atoms with Gasteiger partial charge in [0.25, 0.3) is 5.91 Å². The molecule has 1 aliphatic heterocycles. The van der Waals surface area contributed by atoms with Gasteiger partial charge < -0.3 is 14.5 Å². The number of amides is 1. The van der Waals surface area contributed by atoms with Crippen molar-refractivity contribution in [2.45, 2.75) is 19.4 Å². The molecule has 1 aliphatic rings. The summed E-state index contributed by atoms with van der Waals surface area (Å²) in [5.74, 6) is 1.03. The van der Waals surface area contributed by atoms with E-state index in [2.05, 4.69) is 20.2 Å². The van der Waals surface area contributed by atoms with E-state index < -0.39 is 0 Å². The maximum absolute atomic E-state index is 12.9. The number of benzene rings is 2. The lowest BCUT2D eigenvalue weighted by Crippen LogP contribution is -2.19. The predicted octanol–water partition coefficient (Wildman–Crippen LogP) is 4.17. The Kier molecular flexibility index (Phi) is 5.56. The molecule has 3 heterocycles. The van der Waals surface area contributed by atoms with Crippen molar-refractivity contribution in [2.24, 2.45) is 0 Å². The number of rotatable bonds is 6. The zero-order chi connectivity index (χ0) is 21.9. The third kappa shape index (κ3) is 4.20. The molecular formula is C25H25N4O3+. The molecule has 0 aliphatic carbocycles. The molecule has 4 aromatic rings. The van der Waals surface area contributed by atoms with Crippen molar-refractivity contribution in [2.75, 3.05) is 25.5 Å². The standard InChI is InChI=1S/C25H24N4O3/c1-31-22-15-17(9-10-19(22)16-29-12-2-3-13-29)24(30)27-20-7-4-6-18(14-20)25-28-23-21(32-25)8-5-11-26-23/h4-11,14-15H,2-3,12-13,16H2,1H3,(H,27,30)/p+1. The van der Waals surface area contributed by atoms with Crippen molar-refractivity contribution in [3.05, 3.63) is 71.9 Å². The minimum atomic E-state index is -0.195. The van der Waals surface area contributed by atoms with Crippen LogP contribution in [0.15, 0.2) is 65.2 Å². The number of aromatic amines is 1. The highest BCUT2D eigenvalue weighted by Gasteiger charge is 2.18. The molecule has 0 atom stereocenters. The van der Waals surface area contributed by atoms with E-state index in [-0.39, 0.29) is 5.91 Å². The average molecular weight is 430 g/mol. The highest BCUT2D eigenvalue weighted by atomic mass is 16.5. The summed E-state index contributed by atoms with van der Waals surface area (Å²) in [6.07, 6.45) is 4.28. The molecule has 5 rings (SSSR count). The number of oxazole rings is 1. The van der Waals surface area contributed by atoms with Crippen LogP contribution in [-0.2, 0) is 6.54 Å². The van der Waals surface area contributed by atoms with Gasteiger partial charge in [-0.25, -0.2) is 4.98 Å². The first-order valence-corrected chi connectivity index (χ1v) is 10.8. The fourth-order valence-corrected chi connectivity index (χ4v) is 4.07. The van der Waals surface area contributed by atoms with Gasteiger partial charge in [-0.05, 0) is 68.4 Å². The number of aromatic nitrogens is 2. The van der Waals surface area contributed by atoms with Crippen molar-refractivity contribution >= 4 is 22.8 Å². The SMILES string of the molecule is COc1cc(C(=O)Nc2cccc(-c3nc4[nH+]cccc4o3)c2)ccc1CN1CCCC1. The average Bonchev–Trinajstić information content (AvgIpc) is 3.49. The molecule has 32 heavy (non-hydrogen) atoms. The minimum absolute atomic E-state index is 0.195. The van der Waals surface area contributed by atoms with Crippen molar-refractivity contribution in [3.8, 4) is 17.2 Å². The summed E-state index contributed by atoms with van der Waals surface area (Å²) in [6, 6.07) is 16.8. The number of hydrogen-bond donors (Lipinski definition) is 1. The van der Waals surface area contributed by atoms with E-state index in [4.69, 9.17) is 9.15 Å². The third-order valence-corrected chi connectivity index (χ3v) is 5.73. The van der Waals surface area contributed by atoms with Crippen molar-refractivity contribution < 1.29 is 18.9 Å². The maximum Gasteiger partial charge on any atom is 0.368 e. The summed E-state index contributed by atoms with van der Waals surface area (Å²) in [5.41, 5.74) is 4.45. The number of carbonyl (C=O) groups is 1. The number of anilines is 1. The number of carbonyl (C=O) groups excluding carboxylic acids is 1. The Morgan fingerprint density at radius 1 is 1.16 bits per heavy atom. The molecule has 2 N–H and O–H groups in total. The van der Waals surface area contributed by atoms with Gasteiger partial charge in [0.1, 0.15) is 5.75 Å². The topological polar surface area (TPSA) is 81.7 Å². The number of likely N-dealkylation sites (tertiary alicyclic amines) is 1. The molecule has 2 aromatic heterocycles. The number of ether oxygens (including phenoxy) is 1. The van der Waals surface area contributed by atoms with Crippen LogP contribution in [0.3, 0.4) is 0 Å². The van der Waals surface area contributed by atoms with Crippen LogP contribution in [0.4, 0.5) is 5.69 Å². The van der Waals surface area contributed by atoms with Crippen molar-refractivity contribution in [3.63, 3.8) is 0 Å². The highest BCUT2D eigenvalue weighted by molar-refractivity contribution is 6.04. The van der Waals surface area contributed by atoms with E-state index in [1.807, 2.05) is 48.5 Å². The molecule has 7 heteroatoms. The van der Waals surface area contributed by atoms with Crippen molar-refractivity contribution in [1.82, 2.24) is 9.88 Å². The Labute approximate surface area is 186 Å². The monoisotopic (exact) mass is 429 g/mol. The molecule has 162 valence electrons. The smallest absolute Gasteiger partial charge is 0.368 e. The molecule has 7 nitrogen and oxygen atoms in total. The van der Waals surface area contributed by atoms with Crippen LogP contribution in [0.25, 0.3) is 22.7 Å². The lowest BCUT2D eigenvalue weighted by Gasteiger charge is -2.17. The van der Waals surface area contributed by atoms with Crippen LogP contribution < -0.4 is 15.0 Å². The highest BCUT2D eigenvalue weighted by Crippen LogP contribution is 2.26. The summed E-state index contributed by atoms with van der Waals surface area (Å²) in [5, 5.41) is 2.96. The number of fused-ring (bicyclic) bond motifs is 1. The number of nitrogens with zero attached hydrogens (tertiary/aromatic N) is 2. The molecule has 0 saturated carbocycles. The fourth-order valence-electron chi connectivity index (χ4n) is 4.07. The molecule has 1 fully saturated rings. The van der Waals surface area contributed by atoms with Gasteiger partial charge in [-0.3, -0.25) is 9.69 Å². The molecule has 1 saturated heterocycles. The van der Waals surface area contributed by atoms with Gasteiger partial charge >= 0.3 is 11.5 Å². The summed E-state index contributed by atoms with van der Waals surface area (Å²) >= 11 is 0. The van der Waals surface area contributed by atoms with Crippen LogP contribution in [0, 0.1) is 0 Å². The summed E-state index contributed by atoms with van der Waals surface area (Å²) in [4.78, 5) is 22.9. The molecule has 0 unspecified atom stereocenters. The first kappa shape index (κ1) is 20.2. The normalized spacial score (nSPS) is 14.0. The second-order valence-corrected chi connectivity index (χ2v) is 7.95. The number of H-pyrrole nitrogens is 1. The van der Waals surface area contributed by atoms with E-state index in [1.54, 1.807) is 19.4 Å². The van der Waals surface area contributed by atoms with Gasteiger partial charge in [0, 0.05) is 28.3 Å². The Hall–Kier alpha value is -3.71. The summed E-state index contributed by atoms with van der Waals surface area (Å²) in [6.45, 7) is 3.06. The van der Waals surface area contributed by atoms with E-state index in [9.17, 15) is 4.79 Å². The van der Waals surface area contributed by atoms with E-state index in [0.29, 0.717) is 28.4 Å². The molecule has 0 radical (unpaired) electrons. The van der Waals surface area contributed by atoms with Gasteiger partial charge in [-0.2, -0.15) is 0 Å². The largest absolute Gasteiger partial charge is 0.496 e. The maximum atomic E-state index is 12.9. The third-order valence-electron chi connectivity index (χ3n) is 5.73. The second-order valence-electron chi connectivity index (χ2n) is 7.95. The van der Waals surface area contributed by atoms with Crippen LogP contribution >= 0.6 is 0 Å². The predicted molar refractivity (Wildman–Crippen MR) is 121 cm³/mol. The Morgan fingerprint density at radius 3 is 2.84 bits per heavy atom. The lowest BCUT2D eigenvalue weighted by atomic mass is 10.1. The molecule has 1 amide bonds. The zero-order valence-electron chi connectivity index (χ0n) is 17.9. The summed E-state index contributed by atoms with van der Waals surface area (Å²) in [7, 11) is 1.64. The molecule has 0 bridgehead atoms. The van der Waals surface area contributed by atoms with Crippen LogP contribution in [0.5, 0.6) is 5.75 Å². The lowest BCUT2D eigenvalue weighted by molar-refractivity contribution is -0.347. The van der Waals surface area contributed by atoms with E-state index >= 15 is 0 Å². The van der Waals surface area contributed by atoms with Crippen LogP contribution in [-0.4, -0.2) is 36.0 Å². The van der Waals surface area contributed by atoms with Gasteiger partial charge in [-0.15, -0.1) is 0 Å².